The molecule has 0 aliphatic carbocycles. The van der Waals surface area contributed by atoms with Crippen LogP contribution in [0.1, 0.15) is 11.1 Å². The van der Waals surface area contributed by atoms with Gasteiger partial charge in [-0.15, -0.1) is 0 Å². The molecular weight excluding hydrogens is 418 g/mol. The number of ether oxygens (including phenoxy) is 1. The number of rotatable bonds is 5. The van der Waals surface area contributed by atoms with Crippen LogP contribution in [-0.4, -0.2) is 48.9 Å². The Balaban J connectivity index is 1.62. The summed E-state index contributed by atoms with van der Waals surface area (Å²) in [5.41, 5.74) is 0.802. The number of carbonyl (C=O) groups excluding carboxylic acids is 3. The van der Waals surface area contributed by atoms with Crippen molar-refractivity contribution >= 4 is 35.0 Å². The number of fused-ring (bicyclic) bond motifs is 4. The molecule has 2 unspecified atom stereocenters. The third-order valence-corrected chi connectivity index (χ3v) is 6.92. The summed E-state index contributed by atoms with van der Waals surface area (Å²) in [4.78, 5) is 41.5. The summed E-state index contributed by atoms with van der Waals surface area (Å²) in [5.74, 6) is -2.46. The van der Waals surface area contributed by atoms with Crippen molar-refractivity contribution in [2.45, 2.75) is 18.0 Å². The van der Waals surface area contributed by atoms with Crippen LogP contribution in [0.25, 0.3) is 0 Å². The summed E-state index contributed by atoms with van der Waals surface area (Å²) in [6, 6.07) is 14.6. The number of benzene rings is 2. The van der Waals surface area contributed by atoms with Crippen molar-refractivity contribution in [2.75, 3.05) is 25.6 Å². The number of halogens is 1. The summed E-state index contributed by atoms with van der Waals surface area (Å²) in [7, 11) is 1.52. The van der Waals surface area contributed by atoms with E-state index in [2.05, 4.69) is 10.6 Å². The van der Waals surface area contributed by atoms with Gasteiger partial charge < -0.3 is 10.1 Å². The van der Waals surface area contributed by atoms with Gasteiger partial charge in [0.2, 0.25) is 17.7 Å². The zero-order valence-electron chi connectivity index (χ0n) is 16.9. The highest BCUT2D eigenvalue weighted by molar-refractivity contribution is 6.35. The maximum absolute atomic E-state index is 13.5. The second-order valence-electron chi connectivity index (χ2n) is 8.19. The molecule has 0 saturated carbocycles. The first-order valence-corrected chi connectivity index (χ1v) is 10.6. The SMILES string of the molecule is COCCN1C(=O)[C@@H]2C(Cc3ccccc3)NC3(C(=O)Nc4c(Cl)cccc43)[C@@H]2C1=O. The monoisotopic (exact) mass is 439 g/mol. The van der Waals surface area contributed by atoms with Crippen LogP contribution in [0.3, 0.4) is 0 Å². The average molecular weight is 440 g/mol. The lowest BCUT2D eigenvalue weighted by atomic mass is 9.76. The molecule has 0 aromatic heterocycles. The fourth-order valence-corrected chi connectivity index (χ4v) is 5.52. The van der Waals surface area contributed by atoms with Crippen molar-refractivity contribution in [3.05, 3.63) is 64.7 Å². The Morgan fingerprint density at radius 2 is 1.84 bits per heavy atom. The van der Waals surface area contributed by atoms with Crippen molar-refractivity contribution in [1.82, 2.24) is 10.2 Å². The van der Waals surface area contributed by atoms with Crippen molar-refractivity contribution in [3.63, 3.8) is 0 Å². The van der Waals surface area contributed by atoms with Gasteiger partial charge in [0.05, 0.1) is 35.7 Å². The first-order valence-electron chi connectivity index (χ1n) is 10.2. The fourth-order valence-electron chi connectivity index (χ4n) is 5.30. The maximum atomic E-state index is 13.5. The molecule has 2 aromatic carbocycles. The average Bonchev–Trinajstić information content (AvgIpc) is 3.34. The lowest BCUT2D eigenvalue weighted by molar-refractivity contribution is -0.143. The van der Waals surface area contributed by atoms with Gasteiger partial charge in [-0.25, -0.2) is 0 Å². The number of hydrogen-bond acceptors (Lipinski definition) is 5. The number of amides is 3. The molecule has 3 aliphatic rings. The van der Waals surface area contributed by atoms with Crippen LogP contribution in [0.5, 0.6) is 0 Å². The largest absolute Gasteiger partial charge is 0.383 e. The minimum absolute atomic E-state index is 0.166. The normalized spacial score (nSPS) is 28.9. The fraction of sp³-hybridized carbons (Fsp3) is 0.348. The first kappa shape index (κ1) is 20.2. The van der Waals surface area contributed by atoms with Crippen molar-refractivity contribution in [1.29, 1.82) is 0 Å². The molecule has 2 saturated heterocycles. The number of para-hydroxylation sites is 1. The van der Waals surface area contributed by atoms with Crippen LogP contribution in [0.4, 0.5) is 5.69 Å². The summed E-state index contributed by atoms with van der Waals surface area (Å²) in [5, 5.41) is 6.67. The molecule has 0 bridgehead atoms. The van der Waals surface area contributed by atoms with Gasteiger partial charge in [0, 0.05) is 18.7 Å². The van der Waals surface area contributed by atoms with Gasteiger partial charge >= 0.3 is 0 Å². The summed E-state index contributed by atoms with van der Waals surface area (Å²) in [6.45, 7) is 0.411. The van der Waals surface area contributed by atoms with E-state index < -0.39 is 17.4 Å². The summed E-state index contributed by atoms with van der Waals surface area (Å²) in [6.07, 6.45) is 0.518. The van der Waals surface area contributed by atoms with E-state index in [1.54, 1.807) is 18.2 Å². The van der Waals surface area contributed by atoms with Crippen molar-refractivity contribution < 1.29 is 19.1 Å². The quantitative estimate of drug-likeness (QED) is 0.695. The molecule has 5 rings (SSSR count). The molecule has 3 heterocycles. The molecule has 2 fully saturated rings. The molecule has 3 aliphatic heterocycles. The molecule has 7 nitrogen and oxygen atoms in total. The van der Waals surface area contributed by atoms with E-state index in [1.807, 2.05) is 30.3 Å². The third kappa shape index (κ3) is 2.84. The first-order chi connectivity index (χ1) is 15.0. The van der Waals surface area contributed by atoms with Crippen molar-refractivity contribution in [3.8, 4) is 0 Å². The lowest BCUT2D eigenvalue weighted by Crippen LogP contribution is -2.53. The molecule has 2 aromatic rings. The number of carbonyl (C=O) groups is 3. The second-order valence-corrected chi connectivity index (χ2v) is 8.60. The van der Waals surface area contributed by atoms with Crippen LogP contribution in [0.15, 0.2) is 48.5 Å². The zero-order valence-corrected chi connectivity index (χ0v) is 17.7. The minimum atomic E-state index is -1.33. The van der Waals surface area contributed by atoms with E-state index in [0.29, 0.717) is 22.7 Å². The van der Waals surface area contributed by atoms with E-state index in [0.717, 1.165) is 5.56 Å². The van der Waals surface area contributed by atoms with Gasteiger partial charge in [-0.2, -0.15) is 0 Å². The highest BCUT2D eigenvalue weighted by Gasteiger charge is 2.70. The highest BCUT2D eigenvalue weighted by atomic mass is 35.5. The van der Waals surface area contributed by atoms with Crippen LogP contribution < -0.4 is 10.6 Å². The molecule has 0 radical (unpaired) electrons. The van der Waals surface area contributed by atoms with Gasteiger partial charge in [-0.1, -0.05) is 54.1 Å². The van der Waals surface area contributed by atoms with E-state index in [1.165, 1.54) is 12.0 Å². The molecule has 1 spiro atoms. The van der Waals surface area contributed by atoms with Gasteiger partial charge in [0.1, 0.15) is 5.54 Å². The highest BCUT2D eigenvalue weighted by Crippen LogP contribution is 2.54. The Bertz CT molecular complexity index is 1080. The van der Waals surface area contributed by atoms with Crippen LogP contribution in [0, 0.1) is 11.8 Å². The number of likely N-dealkylation sites (tertiary alicyclic amines) is 1. The standard InChI is InChI=1S/C23H22ClN3O4/c1-31-11-10-27-20(28)17-16(12-13-6-3-2-4-7-13)26-23(18(17)21(27)29)14-8-5-9-15(24)19(14)25-22(23)30/h2-9,16-18,26H,10-12H2,1H3,(H,25,30)/t16?,17-,18+,23?/m1/s1. The molecule has 4 atom stereocenters. The zero-order chi connectivity index (χ0) is 21.8. The van der Waals surface area contributed by atoms with Crippen LogP contribution in [-0.2, 0) is 31.1 Å². The Morgan fingerprint density at radius 3 is 2.58 bits per heavy atom. The molecule has 2 N–H and O–H groups in total. The van der Waals surface area contributed by atoms with Gasteiger partial charge in [-0.3, -0.25) is 24.6 Å². The molecular formula is C23H22ClN3O4. The topological polar surface area (TPSA) is 87.7 Å². The number of anilines is 1. The molecule has 3 amide bonds. The predicted molar refractivity (Wildman–Crippen MR) is 114 cm³/mol. The van der Waals surface area contributed by atoms with Gasteiger partial charge in [-0.05, 0) is 18.1 Å². The smallest absolute Gasteiger partial charge is 0.250 e. The predicted octanol–water partition coefficient (Wildman–Crippen LogP) is 1.95. The van der Waals surface area contributed by atoms with E-state index >= 15 is 0 Å². The summed E-state index contributed by atoms with van der Waals surface area (Å²) >= 11 is 6.35. The van der Waals surface area contributed by atoms with Crippen molar-refractivity contribution in [2.24, 2.45) is 11.8 Å². The van der Waals surface area contributed by atoms with Crippen LogP contribution >= 0.6 is 11.6 Å². The van der Waals surface area contributed by atoms with Gasteiger partial charge in [0.15, 0.2) is 0 Å². The number of nitrogens with zero attached hydrogens (tertiary/aromatic N) is 1. The van der Waals surface area contributed by atoms with E-state index in [4.69, 9.17) is 16.3 Å². The number of nitrogens with one attached hydrogen (secondary N) is 2. The summed E-state index contributed by atoms with van der Waals surface area (Å²) < 4.78 is 5.10. The Hall–Kier alpha value is -2.74. The maximum Gasteiger partial charge on any atom is 0.250 e. The minimum Gasteiger partial charge on any atom is -0.383 e. The number of imide groups is 1. The van der Waals surface area contributed by atoms with Crippen LogP contribution in [0.2, 0.25) is 5.02 Å². The molecule has 160 valence electrons. The lowest BCUT2D eigenvalue weighted by Gasteiger charge is -2.29. The second kappa shape index (κ2) is 7.44. The Labute approximate surface area is 184 Å². The third-order valence-electron chi connectivity index (χ3n) is 6.61. The Morgan fingerprint density at radius 1 is 1.06 bits per heavy atom. The number of methoxy groups -OCH3 is 1. The Kier molecular flexibility index (Phi) is 4.84. The van der Waals surface area contributed by atoms with E-state index in [9.17, 15) is 14.4 Å². The van der Waals surface area contributed by atoms with E-state index in [-0.39, 0.29) is 36.9 Å². The molecule has 8 heteroatoms. The molecule has 31 heavy (non-hydrogen) atoms. The van der Waals surface area contributed by atoms with Gasteiger partial charge in [0.25, 0.3) is 0 Å². The number of hydrogen-bond donors (Lipinski definition) is 2.